The molecule has 0 unspecified atom stereocenters. The molecule has 35 heavy (non-hydrogen) atoms. The van der Waals surface area contributed by atoms with Crippen molar-refractivity contribution < 1.29 is 18.7 Å². The molecule has 2 fully saturated rings. The van der Waals surface area contributed by atoms with Crippen molar-refractivity contribution in [2.24, 2.45) is 5.41 Å². The number of benzene rings is 1. The van der Waals surface area contributed by atoms with E-state index in [4.69, 9.17) is 14.5 Å². The van der Waals surface area contributed by atoms with Crippen LogP contribution in [0.4, 0.5) is 10.3 Å². The molecular weight excluding hydrogens is 451 g/mol. The molecule has 3 heterocycles. The van der Waals surface area contributed by atoms with Crippen LogP contribution in [0.25, 0.3) is 22.6 Å². The first-order valence-electron chi connectivity index (χ1n) is 11.9. The molecule has 2 aromatic heterocycles. The maximum absolute atomic E-state index is 13.6. The van der Waals surface area contributed by atoms with Crippen LogP contribution in [0.15, 0.2) is 36.5 Å². The average molecular weight is 481 g/mol. The second kappa shape index (κ2) is 9.71. The van der Waals surface area contributed by atoms with Crippen molar-refractivity contribution in [3.8, 4) is 22.6 Å². The highest BCUT2D eigenvalue weighted by Crippen LogP contribution is 2.36. The first-order chi connectivity index (χ1) is 16.9. The summed E-state index contributed by atoms with van der Waals surface area (Å²) in [7, 11) is 0. The number of carbonyl (C=O) groups excluding carboxylic acids is 1. The molecule has 0 bridgehead atoms. The Morgan fingerprint density at radius 1 is 1.17 bits per heavy atom. The Hall–Kier alpha value is -3.37. The topological polar surface area (TPSA) is 114 Å². The average Bonchev–Trinajstić information content (AvgIpc) is 3.57. The lowest BCUT2D eigenvalue weighted by atomic mass is 9.91. The van der Waals surface area contributed by atoms with E-state index in [0.29, 0.717) is 41.4 Å². The molecule has 0 radical (unpaired) electrons. The van der Waals surface area contributed by atoms with Gasteiger partial charge in [-0.1, -0.05) is 6.92 Å². The number of aromatic nitrogens is 4. The summed E-state index contributed by atoms with van der Waals surface area (Å²) in [5.74, 6) is 0.570. The van der Waals surface area contributed by atoms with Gasteiger partial charge in [-0.15, -0.1) is 0 Å². The number of hydrogen-bond donors (Lipinski definition) is 3. The number of anilines is 1. The number of rotatable bonds is 8. The molecule has 5 rings (SSSR count). The van der Waals surface area contributed by atoms with Crippen molar-refractivity contribution >= 4 is 11.9 Å². The standard InChI is InChI=1S/C25H29FN6O3/c1-3-11-27-23(33)25(2)13-34-22(35-14-25)21-31-19(15-4-6-16(26)7-5-15)20(32-21)18-10-12-28-24(30-18)29-17-8-9-17/h4-7,10,12,17,22H,3,8-9,11,13-14H2,1-2H3,(H,27,33)(H,31,32)(H,28,29,30). The van der Waals surface area contributed by atoms with E-state index >= 15 is 0 Å². The van der Waals surface area contributed by atoms with E-state index < -0.39 is 11.7 Å². The summed E-state index contributed by atoms with van der Waals surface area (Å²) in [5, 5.41) is 6.21. The van der Waals surface area contributed by atoms with E-state index in [9.17, 15) is 9.18 Å². The van der Waals surface area contributed by atoms with Gasteiger partial charge in [0.1, 0.15) is 5.82 Å². The molecule has 9 nitrogen and oxygen atoms in total. The Bertz CT molecular complexity index is 1190. The number of halogens is 1. The normalized spacial score (nSPS) is 22.1. The molecule has 1 aromatic carbocycles. The van der Waals surface area contributed by atoms with Crippen LogP contribution in [-0.2, 0) is 14.3 Å². The maximum Gasteiger partial charge on any atom is 0.230 e. The number of imidazole rings is 1. The summed E-state index contributed by atoms with van der Waals surface area (Å²) in [6.45, 7) is 4.82. The Kier molecular flexibility index (Phi) is 6.48. The van der Waals surface area contributed by atoms with Gasteiger partial charge in [-0.25, -0.2) is 19.3 Å². The van der Waals surface area contributed by atoms with Crippen molar-refractivity contribution in [3.63, 3.8) is 0 Å². The lowest BCUT2D eigenvalue weighted by Gasteiger charge is -2.35. The van der Waals surface area contributed by atoms with Gasteiger partial charge in [0.15, 0.2) is 5.82 Å². The zero-order valence-corrected chi connectivity index (χ0v) is 19.8. The summed E-state index contributed by atoms with van der Waals surface area (Å²) in [6, 6.07) is 8.32. The molecule has 1 aliphatic heterocycles. The molecule has 1 saturated heterocycles. The fourth-order valence-corrected chi connectivity index (χ4v) is 3.83. The van der Waals surface area contributed by atoms with E-state index in [0.717, 1.165) is 24.8 Å². The van der Waals surface area contributed by atoms with Crippen LogP contribution < -0.4 is 10.6 Å². The summed E-state index contributed by atoms with van der Waals surface area (Å²) >= 11 is 0. The number of nitrogens with one attached hydrogen (secondary N) is 3. The summed E-state index contributed by atoms with van der Waals surface area (Å²) in [4.78, 5) is 29.6. The molecule has 3 aromatic rings. The second-order valence-electron chi connectivity index (χ2n) is 9.31. The fraction of sp³-hybridized carbons (Fsp3) is 0.440. The van der Waals surface area contributed by atoms with Gasteiger partial charge in [-0.2, -0.15) is 0 Å². The van der Waals surface area contributed by atoms with E-state index in [2.05, 4.69) is 25.6 Å². The van der Waals surface area contributed by atoms with Gasteiger partial charge in [0.05, 0.1) is 35.7 Å². The molecule has 1 amide bonds. The number of nitrogens with zero attached hydrogens (tertiary/aromatic N) is 3. The largest absolute Gasteiger partial charge is 0.355 e. The van der Waals surface area contributed by atoms with Gasteiger partial charge >= 0.3 is 0 Å². The van der Waals surface area contributed by atoms with Crippen LogP contribution in [-0.4, -0.2) is 51.6 Å². The minimum absolute atomic E-state index is 0.0957. The Balaban J connectivity index is 1.42. The van der Waals surface area contributed by atoms with E-state index in [1.807, 2.05) is 13.8 Å². The maximum atomic E-state index is 13.6. The summed E-state index contributed by atoms with van der Waals surface area (Å²) < 4.78 is 25.5. The van der Waals surface area contributed by atoms with Gasteiger partial charge in [-0.3, -0.25) is 4.79 Å². The number of aromatic amines is 1. The van der Waals surface area contributed by atoms with Crippen LogP contribution in [0.1, 0.15) is 45.2 Å². The molecule has 1 aliphatic carbocycles. The molecule has 3 N–H and O–H groups in total. The van der Waals surface area contributed by atoms with Crippen molar-refractivity contribution in [1.29, 1.82) is 0 Å². The SMILES string of the molecule is CCCNC(=O)C1(C)COC(c2nc(-c3ccc(F)cc3)c(-c3ccnc(NC4CC4)n3)[nH]2)OC1. The summed E-state index contributed by atoms with van der Waals surface area (Å²) in [5.41, 5.74) is 1.82. The number of H-pyrrole nitrogens is 1. The number of ether oxygens (including phenoxy) is 2. The zero-order valence-electron chi connectivity index (χ0n) is 19.8. The van der Waals surface area contributed by atoms with Gasteiger partial charge in [0, 0.05) is 24.3 Å². The van der Waals surface area contributed by atoms with Gasteiger partial charge in [-0.05, 0) is 56.5 Å². The molecule has 0 spiro atoms. The van der Waals surface area contributed by atoms with Crippen LogP contribution in [0, 0.1) is 11.2 Å². The van der Waals surface area contributed by atoms with Gasteiger partial charge in [0.2, 0.25) is 18.1 Å². The second-order valence-corrected chi connectivity index (χ2v) is 9.31. The summed E-state index contributed by atoms with van der Waals surface area (Å²) in [6.07, 6.45) is 3.98. The smallest absolute Gasteiger partial charge is 0.230 e. The number of carbonyl (C=O) groups is 1. The monoisotopic (exact) mass is 480 g/mol. The number of hydrogen-bond acceptors (Lipinski definition) is 7. The highest BCUT2D eigenvalue weighted by Gasteiger charge is 2.40. The number of amides is 1. The van der Waals surface area contributed by atoms with Crippen molar-refractivity contribution in [1.82, 2.24) is 25.3 Å². The molecule has 184 valence electrons. The quantitative estimate of drug-likeness (QED) is 0.449. The highest BCUT2D eigenvalue weighted by molar-refractivity contribution is 5.82. The van der Waals surface area contributed by atoms with Gasteiger partial charge < -0.3 is 25.1 Å². The third-order valence-electron chi connectivity index (χ3n) is 6.08. The van der Waals surface area contributed by atoms with Crippen molar-refractivity contribution in [3.05, 3.63) is 48.2 Å². The third-order valence-corrected chi connectivity index (χ3v) is 6.08. The Morgan fingerprint density at radius 2 is 1.91 bits per heavy atom. The van der Waals surface area contributed by atoms with Crippen LogP contribution >= 0.6 is 0 Å². The van der Waals surface area contributed by atoms with Gasteiger partial charge in [0.25, 0.3) is 0 Å². The van der Waals surface area contributed by atoms with Crippen molar-refractivity contribution in [2.75, 3.05) is 25.1 Å². The first kappa shape index (κ1) is 23.4. The van der Waals surface area contributed by atoms with Crippen LogP contribution in [0.2, 0.25) is 0 Å². The predicted molar refractivity (Wildman–Crippen MR) is 128 cm³/mol. The Labute approximate surface area is 202 Å². The van der Waals surface area contributed by atoms with E-state index in [1.165, 1.54) is 12.1 Å². The predicted octanol–water partition coefficient (Wildman–Crippen LogP) is 3.83. The van der Waals surface area contributed by atoms with Crippen molar-refractivity contribution in [2.45, 2.75) is 45.4 Å². The Morgan fingerprint density at radius 3 is 2.60 bits per heavy atom. The lowest BCUT2D eigenvalue weighted by Crippen LogP contribution is -2.48. The molecule has 1 saturated carbocycles. The van der Waals surface area contributed by atoms with Crippen LogP contribution in [0.3, 0.4) is 0 Å². The van der Waals surface area contributed by atoms with E-state index in [-0.39, 0.29) is 24.9 Å². The molecule has 0 atom stereocenters. The van der Waals surface area contributed by atoms with Crippen LogP contribution in [0.5, 0.6) is 0 Å². The molecular formula is C25H29FN6O3. The molecule has 10 heteroatoms. The molecule has 2 aliphatic rings. The minimum Gasteiger partial charge on any atom is -0.355 e. The minimum atomic E-state index is -0.781. The van der Waals surface area contributed by atoms with E-state index in [1.54, 1.807) is 24.4 Å². The zero-order chi connectivity index (χ0) is 24.4. The third kappa shape index (κ3) is 5.18. The lowest BCUT2D eigenvalue weighted by molar-refractivity contribution is -0.231. The fourth-order valence-electron chi connectivity index (χ4n) is 3.83. The first-order valence-corrected chi connectivity index (χ1v) is 11.9. The highest BCUT2D eigenvalue weighted by atomic mass is 19.1.